The van der Waals surface area contributed by atoms with Crippen LogP contribution in [0.4, 0.5) is 5.69 Å². The highest BCUT2D eigenvalue weighted by atomic mass is 16.4. The lowest BCUT2D eigenvalue weighted by atomic mass is 9.96. The van der Waals surface area contributed by atoms with Crippen molar-refractivity contribution >= 4 is 17.6 Å². The van der Waals surface area contributed by atoms with Crippen molar-refractivity contribution < 1.29 is 14.7 Å². The first-order chi connectivity index (χ1) is 8.85. The molecule has 0 aliphatic carbocycles. The van der Waals surface area contributed by atoms with Crippen LogP contribution in [0.3, 0.4) is 0 Å². The van der Waals surface area contributed by atoms with Crippen molar-refractivity contribution in [3.63, 3.8) is 0 Å². The summed E-state index contributed by atoms with van der Waals surface area (Å²) in [6.45, 7) is 3.65. The number of aliphatic carboxylic acids is 1. The maximum Gasteiger partial charge on any atom is 0.307 e. The fourth-order valence-electron chi connectivity index (χ4n) is 1.84. The number of amides is 1. The number of anilines is 1. The molecule has 1 aromatic carbocycles. The molecule has 0 aromatic heterocycles. The Hall–Kier alpha value is -1.88. The minimum absolute atomic E-state index is 0.0709. The predicted molar refractivity (Wildman–Crippen MR) is 73.9 cm³/mol. The van der Waals surface area contributed by atoms with E-state index < -0.39 is 11.5 Å². The summed E-state index contributed by atoms with van der Waals surface area (Å²) < 4.78 is 0. The topological polar surface area (TPSA) is 92.4 Å². The van der Waals surface area contributed by atoms with Gasteiger partial charge in [0.1, 0.15) is 0 Å². The number of benzene rings is 1. The summed E-state index contributed by atoms with van der Waals surface area (Å²) >= 11 is 0. The van der Waals surface area contributed by atoms with E-state index in [0.29, 0.717) is 17.7 Å². The van der Waals surface area contributed by atoms with Gasteiger partial charge in [0.2, 0.25) is 5.91 Å². The molecule has 0 spiro atoms. The van der Waals surface area contributed by atoms with Gasteiger partial charge in [-0.2, -0.15) is 0 Å². The van der Waals surface area contributed by atoms with Crippen molar-refractivity contribution in [2.24, 2.45) is 5.73 Å². The van der Waals surface area contributed by atoms with E-state index in [4.69, 9.17) is 10.8 Å². The van der Waals surface area contributed by atoms with E-state index in [1.54, 1.807) is 31.2 Å². The molecule has 0 aliphatic rings. The summed E-state index contributed by atoms with van der Waals surface area (Å²) in [6, 6.07) is 6.78. The Bertz CT molecular complexity index is 470. The predicted octanol–water partition coefficient (Wildman–Crippen LogP) is 1.77. The summed E-state index contributed by atoms with van der Waals surface area (Å²) in [5, 5.41) is 11.5. The van der Waals surface area contributed by atoms with E-state index in [9.17, 15) is 9.59 Å². The van der Waals surface area contributed by atoms with Crippen molar-refractivity contribution in [3.05, 3.63) is 29.8 Å². The fourth-order valence-corrected chi connectivity index (χ4v) is 1.84. The number of rotatable bonds is 6. The van der Waals surface area contributed by atoms with Gasteiger partial charge in [0.05, 0.1) is 12.0 Å². The third-order valence-electron chi connectivity index (χ3n) is 2.83. The van der Waals surface area contributed by atoms with Crippen LogP contribution in [0.2, 0.25) is 0 Å². The second kappa shape index (κ2) is 6.33. The molecule has 0 heterocycles. The number of carboxylic acids is 1. The number of hydrogen-bond donors (Lipinski definition) is 3. The third-order valence-corrected chi connectivity index (χ3v) is 2.83. The first-order valence-corrected chi connectivity index (χ1v) is 6.26. The van der Waals surface area contributed by atoms with Crippen LogP contribution in [0.5, 0.6) is 0 Å². The van der Waals surface area contributed by atoms with Gasteiger partial charge in [-0.15, -0.1) is 0 Å². The average Bonchev–Trinajstić information content (AvgIpc) is 2.28. The fraction of sp³-hybridized carbons (Fsp3) is 0.429. The largest absolute Gasteiger partial charge is 0.481 e. The van der Waals surface area contributed by atoms with E-state index in [1.807, 2.05) is 6.92 Å². The van der Waals surface area contributed by atoms with Gasteiger partial charge < -0.3 is 16.2 Å². The van der Waals surface area contributed by atoms with Crippen molar-refractivity contribution in [2.45, 2.75) is 38.6 Å². The van der Waals surface area contributed by atoms with Crippen LogP contribution in [0.1, 0.15) is 32.3 Å². The zero-order valence-electron chi connectivity index (χ0n) is 11.3. The number of nitrogens with two attached hydrogens (primary N) is 1. The highest BCUT2D eigenvalue weighted by Gasteiger charge is 2.27. The van der Waals surface area contributed by atoms with E-state index in [-0.39, 0.29) is 12.3 Å². The maximum absolute atomic E-state index is 12.0. The zero-order chi connectivity index (χ0) is 14.5. The third kappa shape index (κ3) is 4.71. The Morgan fingerprint density at radius 2 is 2.11 bits per heavy atom. The number of carboxylic acid groups (broad SMARTS) is 1. The summed E-state index contributed by atoms with van der Waals surface area (Å²) in [6.07, 6.45) is 1.34. The van der Waals surface area contributed by atoms with Gasteiger partial charge >= 0.3 is 5.97 Å². The molecular weight excluding hydrogens is 244 g/mol. The molecule has 4 N–H and O–H groups in total. The summed E-state index contributed by atoms with van der Waals surface area (Å²) in [5.41, 5.74) is 6.22. The lowest BCUT2D eigenvalue weighted by molar-refractivity contribution is -0.136. The van der Waals surface area contributed by atoms with Gasteiger partial charge in [0.15, 0.2) is 0 Å². The maximum atomic E-state index is 12.0. The second-order valence-corrected chi connectivity index (χ2v) is 4.89. The molecule has 104 valence electrons. The summed E-state index contributed by atoms with van der Waals surface area (Å²) in [4.78, 5) is 22.6. The van der Waals surface area contributed by atoms with Gasteiger partial charge in [0, 0.05) is 5.69 Å². The standard InChI is InChI=1S/C14H20N2O3/c1-3-7-14(2,15)13(19)16-11-6-4-5-10(8-11)9-12(17)18/h4-6,8H,3,7,9,15H2,1-2H3,(H,16,19)(H,17,18). The molecule has 1 unspecified atom stereocenters. The molecule has 1 atom stereocenters. The highest BCUT2D eigenvalue weighted by molar-refractivity contribution is 5.97. The number of hydrogen-bond acceptors (Lipinski definition) is 3. The van der Waals surface area contributed by atoms with Gasteiger partial charge in [0.25, 0.3) is 0 Å². The van der Waals surface area contributed by atoms with Crippen molar-refractivity contribution in [3.8, 4) is 0 Å². The second-order valence-electron chi connectivity index (χ2n) is 4.89. The molecule has 5 heteroatoms. The molecule has 0 fully saturated rings. The molecule has 1 amide bonds. The SMILES string of the molecule is CCCC(C)(N)C(=O)Nc1cccc(CC(=O)O)c1. The molecular formula is C14H20N2O3. The highest BCUT2D eigenvalue weighted by Crippen LogP contribution is 2.15. The molecule has 0 bridgehead atoms. The molecule has 0 saturated carbocycles. The van der Waals surface area contributed by atoms with Crippen molar-refractivity contribution in [1.82, 2.24) is 0 Å². The van der Waals surface area contributed by atoms with E-state index in [0.717, 1.165) is 6.42 Å². The Kier molecular flexibility index (Phi) is 5.06. The monoisotopic (exact) mass is 264 g/mol. The molecule has 0 aliphatic heterocycles. The number of carbonyl (C=O) groups is 2. The first kappa shape index (κ1) is 15.2. The number of carbonyl (C=O) groups excluding carboxylic acids is 1. The van der Waals surface area contributed by atoms with Gasteiger partial charge in [-0.25, -0.2) is 0 Å². The Labute approximate surface area is 112 Å². The van der Waals surface area contributed by atoms with Gasteiger partial charge in [-0.05, 0) is 31.0 Å². The minimum Gasteiger partial charge on any atom is -0.481 e. The Balaban J connectivity index is 2.77. The molecule has 19 heavy (non-hydrogen) atoms. The average molecular weight is 264 g/mol. The van der Waals surface area contributed by atoms with Gasteiger partial charge in [-0.3, -0.25) is 9.59 Å². The van der Waals surface area contributed by atoms with Crippen molar-refractivity contribution in [2.75, 3.05) is 5.32 Å². The van der Waals surface area contributed by atoms with Crippen LogP contribution in [-0.2, 0) is 16.0 Å². The van der Waals surface area contributed by atoms with Gasteiger partial charge in [-0.1, -0.05) is 25.5 Å². The van der Waals surface area contributed by atoms with Crippen LogP contribution in [0, 0.1) is 0 Å². The zero-order valence-corrected chi connectivity index (χ0v) is 11.3. The van der Waals surface area contributed by atoms with Crippen LogP contribution in [0.25, 0.3) is 0 Å². The molecule has 1 aromatic rings. The smallest absolute Gasteiger partial charge is 0.307 e. The van der Waals surface area contributed by atoms with E-state index in [1.165, 1.54) is 0 Å². The Morgan fingerprint density at radius 3 is 2.68 bits per heavy atom. The summed E-state index contributed by atoms with van der Waals surface area (Å²) in [7, 11) is 0. The minimum atomic E-state index is -0.919. The quantitative estimate of drug-likeness (QED) is 0.730. The van der Waals surface area contributed by atoms with Crippen molar-refractivity contribution in [1.29, 1.82) is 0 Å². The number of nitrogens with one attached hydrogen (secondary N) is 1. The molecule has 5 nitrogen and oxygen atoms in total. The molecule has 0 saturated heterocycles. The van der Waals surface area contributed by atoms with Crippen LogP contribution in [0.15, 0.2) is 24.3 Å². The first-order valence-electron chi connectivity index (χ1n) is 6.26. The van der Waals surface area contributed by atoms with E-state index in [2.05, 4.69) is 5.32 Å². The lowest BCUT2D eigenvalue weighted by Gasteiger charge is -2.22. The lowest BCUT2D eigenvalue weighted by Crippen LogP contribution is -2.48. The molecule has 0 radical (unpaired) electrons. The van der Waals surface area contributed by atoms with E-state index >= 15 is 0 Å². The Morgan fingerprint density at radius 1 is 1.42 bits per heavy atom. The summed E-state index contributed by atoms with van der Waals surface area (Å²) in [5.74, 6) is -1.17. The normalized spacial score (nSPS) is 13.6. The molecule has 1 rings (SSSR count). The van der Waals surface area contributed by atoms with Crippen LogP contribution < -0.4 is 11.1 Å². The van der Waals surface area contributed by atoms with Crippen LogP contribution in [-0.4, -0.2) is 22.5 Å². The van der Waals surface area contributed by atoms with Crippen LogP contribution >= 0.6 is 0 Å².